The van der Waals surface area contributed by atoms with Crippen LogP contribution in [-0.2, 0) is 22.6 Å². The summed E-state index contributed by atoms with van der Waals surface area (Å²) < 4.78 is 40.6. The first kappa shape index (κ1) is 40.4. The minimum absolute atomic E-state index is 0.0803. The molecular weight excluding hydrogens is 753 g/mol. The molecule has 0 radical (unpaired) electrons. The van der Waals surface area contributed by atoms with Crippen molar-refractivity contribution in [1.29, 1.82) is 0 Å². The molecule has 2 atom stereocenters. The van der Waals surface area contributed by atoms with Gasteiger partial charge in [0.1, 0.15) is 17.3 Å². The van der Waals surface area contributed by atoms with E-state index in [1.54, 1.807) is 25.1 Å². The molecule has 57 heavy (non-hydrogen) atoms. The van der Waals surface area contributed by atoms with Crippen LogP contribution in [0, 0.1) is 11.7 Å². The number of aromatic nitrogens is 3. The lowest BCUT2D eigenvalue weighted by atomic mass is 9.85. The van der Waals surface area contributed by atoms with E-state index in [2.05, 4.69) is 9.80 Å². The highest BCUT2D eigenvalue weighted by Gasteiger charge is 2.31. The van der Waals surface area contributed by atoms with Crippen molar-refractivity contribution in [2.45, 2.75) is 63.4 Å². The van der Waals surface area contributed by atoms with Crippen molar-refractivity contribution in [3.63, 3.8) is 0 Å². The molecule has 0 unspecified atom stereocenters. The third-order valence-corrected chi connectivity index (χ3v) is 12.0. The Hall–Kier alpha value is -4.79. The fraction of sp³-hybridized carbons (Fsp3) is 0.419. The van der Waals surface area contributed by atoms with Gasteiger partial charge in [0.05, 0.1) is 62.3 Å². The second-order valence-corrected chi connectivity index (χ2v) is 15.3. The van der Waals surface area contributed by atoms with Crippen LogP contribution in [-0.4, -0.2) is 108 Å². The second-order valence-electron chi connectivity index (χ2n) is 14.9. The number of carboxylic acid groups (broad SMARTS) is 1. The zero-order valence-electron chi connectivity index (χ0n) is 32.9. The molecule has 3 aromatic carbocycles. The van der Waals surface area contributed by atoms with Crippen LogP contribution in [0.4, 0.5) is 4.39 Å². The minimum atomic E-state index is -0.747. The Morgan fingerprint density at radius 2 is 1.60 bits per heavy atom. The molecule has 2 fully saturated rings. The van der Waals surface area contributed by atoms with Gasteiger partial charge in [0.2, 0.25) is 5.88 Å². The van der Waals surface area contributed by atoms with Gasteiger partial charge in [-0.3, -0.25) is 14.6 Å². The Balaban J connectivity index is 1.18. The van der Waals surface area contributed by atoms with E-state index >= 15 is 4.39 Å². The van der Waals surface area contributed by atoms with E-state index in [1.165, 1.54) is 13.2 Å². The number of methoxy groups -OCH3 is 3. The minimum Gasteiger partial charge on any atom is -0.496 e. The smallest absolute Gasteiger partial charge is 0.306 e. The number of aliphatic hydroxyl groups is 1. The summed E-state index contributed by atoms with van der Waals surface area (Å²) in [7, 11) is 8.60. The summed E-state index contributed by atoms with van der Waals surface area (Å²) in [5.41, 5.74) is 4.77. The van der Waals surface area contributed by atoms with Gasteiger partial charge in [-0.05, 0) is 75.5 Å². The molecule has 1 aliphatic carbocycles. The van der Waals surface area contributed by atoms with Crippen molar-refractivity contribution in [3.8, 4) is 45.5 Å². The maximum atomic E-state index is 16.0. The predicted molar refractivity (Wildman–Crippen MR) is 216 cm³/mol. The van der Waals surface area contributed by atoms with E-state index < -0.39 is 17.9 Å². The molecule has 1 saturated carbocycles. The molecule has 7 rings (SSSR count). The van der Waals surface area contributed by atoms with Gasteiger partial charge < -0.3 is 29.2 Å². The Bertz CT molecular complexity index is 2220. The van der Waals surface area contributed by atoms with Gasteiger partial charge in [-0.1, -0.05) is 41.9 Å². The maximum Gasteiger partial charge on any atom is 0.306 e. The highest BCUT2D eigenvalue weighted by atomic mass is 35.5. The number of carbonyl (C=O) groups is 1. The van der Waals surface area contributed by atoms with Gasteiger partial charge in [-0.2, -0.15) is 10.1 Å². The number of halogens is 2. The van der Waals surface area contributed by atoms with Gasteiger partial charge in [-0.15, -0.1) is 0 Å². The first-order valence-electron chi connectivity index (χ1n) is 19.2. The number of fused-ring (bicyclic) bond motifs is 1. The molecule has 0 spiro atoms. The highest BCUT2D eigenvalue weighted by molar-refractivity contribution is 6.36. The zero-order valence-corrected chi connectivity index (χ0v) is 33.6. The van der Waals surface area contributed by atoms with Crippen LogP contribution in [0.3, 0.4) is 0 Å². The monoisotopic (exact) mass is 801 g/mol. The molecule has 2 aromatic heterocycles. The van der Waals surface area contributed by atoms with Gasteiger partial charge in [0.15, 0.2) is 5.82 Å². The summed E-state index contributed by atoms with van der Waals surface area (Å²) in [4.78, 5) is 20.5. The predicted octanol–water partition coefficient (Wildman–Crippen LogP) is 7.23. The summed E-state index contributed by atoms with van der Waals surface area (Å²) in [6, 6.07) is 16.8. The molecule has 2 N–H and O–H groups in total. The van der Waals surface area contributed by atoms with E-state index in [-0.39, 0.29) is 18.0 Å². The fourth-order valence-electron chi connectivity index (χ4n) is 8.39. The third kappa shape index (κ3) is 8.17. The van der Waals surface area contributed by atoms with Crippen molar-refractivity contribution >= 4 is 28.5 Å². The standard InChI is InChI=1S/C43H49ClFN5O7/c1-48(27-14-12-25(13-15-27)43(52)53)22-32-34(45)18-26(19-38(32)54-3)28-8-6-10-30(41(28)44)29-9-7-11-35-31(29)21-46-50(35)40-20-39(55-4)33(42(47-40)56-5)23-49(2)36-16-17-57-24-37(36)51/h6-11,18-21,25,27,36-37,51H,12-17,22-24H2,1-5H3,(H,52,53)/t25?,27?,36-,37+/m1/s1. The molecule has 3 heterocycles. The third-order valence-electron chi connectivity index (χ3n) is 11.6. The van der Waals surface area contributed by atoms with Crippen LogP contribution in [0.15, 0.2) is 60.8 Å². The van der Waals surface area contributed by atoms with E-state index in [4.69, 9.17) is 40.6 Å². The molecule has 12 nitrogen and oxygen atoms in total. The first-order valence-corrected chi connectivity index (χ1v) is 19.5. The number of benzene rings is 3. The number of likely N-dealkylation sites (N-methyl/N-ethyl adjacent to an activating group) is 1. The first-order chi connectivity index (χ1) is 27.5. The number of carboxylic acids is 1. The number of ether oxygens (including phenoxy) is 4. The summed E-state index contributed by atoms with van der Waals surface area (Å²) in [5, 5.41) is 26.0. The topological polar surface area (TPSA) is 132 Å². The van der Waals surface area contributed by atoms with Crippen LogP contribution in [0.5, 0.6) is 17.4 Å². The Kier molecular flexibility index (Phi) is 12.3. The number of pyridine rings is 1. The van der Waals surface area contributed by atoms with Crippen LogP contribution in [0.25, 0.3) is 39.0 Å². The second kappa shape index (κ2) is 17.4. The molecule has 5 aromatic rings. The Morgan fingerprint density at radius 3 is 2.30 bits per heavy atom. The van der Waals surface area contributed by atoms with Gasteiger partial charge in [-0.25, -0.2) is 9.07 Å². The number of aliphatic carboxylic acids is 1. The lowest BCUT2D eigenvalue weighted by Crippen LogP contribution is -2.47. The SMILES string of the molecule is COc1cc(-c2cccc(-c3cccc4c3cnn4-c3cc(OC)c(CN(C)[C@@H]4CCOC[C@@H]4O)c(OC)n3)c2Cl)cc(F)c1CN(C)C1CCC(C(=O)O)CC1. The number of rotatable bonds is 13. The maximum absolute atomic E-state index is 16.0. The Morgan fingerprint density at radius 1 is 0.912 bits per heavy atom. The molecule has 2 aliphatic rings. The average Bonchev–Trinajstić information content (AvgIpc) is 3.66. The van der Waals surface area contributed by atoms with E-state index in [1.807, 2.05) is 62.6 Å². The van der Waals surface area contributed by atoms with Gasteiger partial charge >= 0.3 is 5.97 Å². The molecule has 1 aliphatic heterocycles. The normalized spacial score (nSPS) is 20.0. The van der Waals surface area contributed by atoms with Gasteiger partial charge in [0.25, 0.3) is 0 Å². The molecule has 302 valence electrons. The lowest BCUT2D eigenvalue weighted by molar-refractivity contribution is -0.143. The van der Waals surface area contributed by atoms with E-state index in [0.717, 1.165) is 40.4 Å². The lowest BCUT2D eigenvalue weighted by Gasteiger charge is -2.35. The molecule has 0 amide bonds. The van der Waals surface area contributed by atoms with E-state index in [0.29, 0.717) is 90.5 Å². The molecule has 14 heteroatoms. The highest BCUT2D eigenvalue weighted by Crippen LogP contribution is 2.42. The average molecular weight is 802 g/mol. The summed E-state index contributed by atoms with van der Waals surface area (Å²) in [6.45, 7) is 1.64. The van der Waals surface area contributed by atoms with Crippen molar-refractivity contribution in [2.24, 2.45) is 5.92 Å². The van der Waals surface area contributed by atoms with Crippen LogP contribution in [0.1, 0.15) is 43.2 Å². The van der Waals surface area contributed by atoms with Crippen LogP contribution >= 0.6 is 11.6 Å². The molecular formula is C43H49ClFN5O7. The molecule has 0 bridgehead atoms. The van der Waals surface area contributed by atoms with Crippen molar-refractivity contribution < 1.29 is 38.3 Å². The van der Waals surface area contributed by atoms with Crippen molar-refractivity contribution in [2.75, 3.05) is 48.6 Å². The van der Waals surface area contributed by atoms with Crippen LogP contribution < -0.4 is 14.2 Å². The van der Waals surface area contributed by atoms with E-state index in [9.17, 15) is 15.0 Å². The quantitative estimate of drug-likeness (QED) is 0.125. The summed E-state index contributed by atoms with van der Waals surface area (Å²) >= 11 is 7.20. The number of hydrogen-bond acceptors (Lipinski definition) is 10. The molecule has 1 saturated heterocycles. The fourth-order valence-corrected chi connectivity index (χ4v) is 8.72. The Labute approximate surface area is 336 Å². The summed E-state index contributed by atoms with van der Waals surface area (Å²) in [5.74, 6) is 0.401. The number of nitrogens with zero attached hydrogens (tertiary/aromatic N) is 5. The number of aliphatic hydroxyl groups excluding tert-OH is 1. The zero-order chi connectivity index (χ0) is 40.4. The largest absolute Gasteiger partial charge is 0.496 e. The van der Waals surface area contributed by atoms with Crippen molar-refractivity contribution in [3.05, 3.63) is 82.8 Å². The van der Waals surface area contributed by atoms with Gasteiger partial charge in [0, 0.05) is 59.9 Å². The number of hydrogen-bond donors (Lipinski definition) is 2. The summed E-state index contributed by atoms with van der Waals surface area (Å²) in [6.07, 6.45) is 4.60. The van der Waals surface area contributed by atoms with Crippen molar-refractivity contribution in [1.82, 2.24) is 24.6 Å². The van der Waals surface area contributed by atoms with Crippen LogP contribution in [0.2, 0.25) is 5.02 Å².